The van der Waals surface area contributed by atoms with E-state index in [1.54, 1.807) is 0 Å². The number of methoxy groups -OCH3 is 1. The van der Waals surface area contributed by atoms with Crippen LogP contribution in [0.2, 0.25) is 0 Å². The van der Waals surface area contributed by atoms with Crippen LogP contribution in [0.4, 0.5) is 17.3 Å². The van der Waals surface area contributed by atoms with Gasteiger partial charge in [-0.3, -0.25) is 0 Å². The zero-order valence-corrected chi connectivity index (χ0v) is 11.8. The van der Waals surface area contributed by atoms with E-state index < -0.39 is 24.2 Å². The molecule has 0 saturated carbocycles. The Morgan fingerprint density at radius 2 is 1.88 bits per heavy atom. The number of rotatable bonds is 2. The summed E-state index contributed by atoms with van der Waals surface area (Å²) in [5, 5.41) is 0. The second-order valence-electron chi connectivity index (χ2n) is 2.80. The summed E-state index contributed by atoms with van der Waals surface area (Å²) in [6.07, 6.45) is 0. The molecule has 0 bridgehead atoms. The van der Waals surface area contributed by atoms with Crippen molar-refractivity contribution < 1.29 is 78.3 Å². The van der Waals surface area contributed by atoms with Crippen LogP contribution in [0.25, 0.3) is 0 Å². The van der Waals surface area contributed by atoms with E-state index in [1.807, 2.05) is 0 Å². The predicted molar refractivity (Wildman–Crippen MR) is 46.5 cm³/mol. The van der Waals surface area contributed by atoms with Crippen molar-refractivity contribution in [2.45, 2.75) is 0 Å². The molecule has 0 aliphatic heterocycles. The smallest absolute Gasteiger partial charge is 0.465 e. The number of hydrogen-bond acceptors (Lipinski definition) is 2. The predicted octanol–water partition coefficient (Wildman–Crippen LogP) is -1.33. The molecule has 0 amide bonds. The average molecular weight is 260 g/mol. The number of esters is 1. The molecular formula is C8H6BF4KO2. The molecular weight excluding hydrogens is 254 g/mol. The third-order valence-corrected chi connectivity index (χ3v) is 1.77. The fourth-order valence-electron chi connectivity index (χ4n) is 1.04. The monoisotopic (exact) mass is 260 g/mol. The summed E-state index contributed by atoms with van der Waals surface area (Å²) in [6.45, 7) is -5.40. The first-order valence-corrected chi connectivity index (χ1v) is 3.94. The zero-order valence-electron chi connectivity index (χ0n) is 8.64. The number of halogens is 4. The van der Waals surface area contributed by atoms with Gasteiger partial charge in [-0.15, -0.1) is 0 Å². The number of carbonyl (C=O) groups is 1. The van der Waals surface area contributed by atoms with E-state index >= 15 is 0 Å². The molecule has 2 nitrogen and oxygen atoms in total. The Labute approximate surface area is 132 Å². The van der Waals surface area contributed by atoms with Crippen LogP contribution in [0, 0.1) is 5.82 Å². The summed E-state index contributed by atoms with van der Waals surface area (Å²) < 4.78 is 53.7. The first kappa shape index (κ1) is 16.1. The van der Waals surface area contributed by atoms with Crippen LogP contribution in [-0.4, -0.2) is 20.1 Å². The normalized spacial score (nSPS) is 10.6. The molecule has 16 heavy (non-hydrogen) atoms. The fraction of sp³-hybridized carbons (Fsp3) is 0.125. The van der Waals surface area contributed by atoms with Crippen molar-refractivity contribution in [3.8, 4) is 0 Å². The van der Waals surface area contributed by atoms with E-state index in [9.17, 15) is 22.1 Å². The molecule has 0 heterocycles. The molecule has 0 aliphatic carbocycles. The second kappa shape index (κ2) is 6.15. The maximum Gasteiger partial charge on any atom is 1.00 e. The molecule has 0 fully saturated rings. The molecule has 8 heteroatoms. The Balaban J connectivity index is 0.00000225. The summed E-state index contributed by atoms with van der Waals surface area (Å²) in [7, 11) is 1.06. The minimum atomic E-state index is -5.40. The molecule has 82 valence electrons. The van der Waals surface area contributed by atoms with Crippen LogP contribution in [0.15, 0.2) is 18.2 Å². The largest absolute Gasteiger partial charge is 1.00 e. The second-order valence-corrected chi connectivity index (χ2v) is 2.80. The third-order valence-electron chi connectivity index (χ3n) is 1.77. The van der Waals surface area contributed by atoms with Crippen molar-refractivity contribution in [3.63, 3.8) is 0 Å². The molecule has 1 aromatic carbocycles. The number of carbonyl (C=O) groups excluding carboxylic acids is 1. The van der Waals surface area contributed by atoms with E-state index in [0.29, 0.717) is 12.1 Å². The maximum absolute atomic E-state index is 12.9. The van der Waals surface area contributed by atoms with Crippen molar-refractivity contribution in [2.24, 2.45) is 0 Å². The van der Waals surface area contributed by atoms with Gasteiger partial charge in [-0.2, -0.15) is 0 Å². The van der Waals surface area contributed by atoms with Gasteiger partial charge >= 0.3 is 64.3 Å². The summed E-state index contributed by atoms with van der Waals surface area (Å²) in [5.74, 6) is -2.35. The summed E-state index contributed by atoms with van der Waals surface area (Å²) in [6, 6.07) is 1.91. The van der Waals surface area contributed by atoms with Crippen LogP contribution in [0.3, 0.4) is 0 Å². The minimum Gasteiger partial charge on any atom is -0.465 e. The molecule has 0 atom stereocenters. The van der Waals surface area contributed by atoms with Crippen LogP contribution < -0.4 is 56.8 Å². The van der Waals surface area contributed by atoms with Gasteiger partial charge in [-0.05, 0) is 6.07 Å². The van der Waals surface area contributed by atoms with Gasteiger partial charge in [-0.1, -0.05) is 17.6 Å². The molecule has 0 spiro atoms. The molecule has 0 N–H and O–H groups in total. The Bertz CT molecular complexity index is 394. The van der Waals surface area contributed by atoms with Gasteiger partial charge < -0.3 is 17.7 Å². The molecule has 0 aliphatic rings. The van der Waals surface area contributed by atoms with Crippen LogP contribution in [-0.2, 0) is 4.74 Å². The van der Waals surface area contributed by atoms with Gasteiger partial charge in [0.25, 0.3) is 0 Å². The average Bonchev–Trinajstić information content (AvgIpc) is 2.14. The Hall–Kier alpha value is 0.111. The molecule has 1 rings (SSSR count). The standard InChI is InChI=1S/C8H6BF4O2.K/c1-15-8(14)5-2-3-6(7(10)4-5)9(11,12)13;/h2-4H,1H3;/q-1;+1. The van der Waals surface area contributed by atoms with E-state index in [0.717, 1.165) is 13.2 Å². The van der Waals surface area contributed by atoms with Gasteiger partial charge in [0.05, 0.1) is 18.5 Å². The Kier molecular flexibility index (Phi) is 6.20. The SMILES string of the molecule is COC(=O)c1ccc([B-](F)(F)F)c(F)c1.[K+]. The summed E-state index contributed by atoms with van der Waals surface area (Å²) in [4.78, 5) is 10.9. The number of benzene rings is 1. The molecule has 0 aromatic heterocycles. The first-order valence-electron chi connectivity index (χ1n) is 3.94. The number of hydrogen-bond donors (Lipinski definition) is 0. The van der Waals surface area contributed by atoms with Gasteiger partial charge in [0.1, 0.15) is 0 Å². The fourth-order valence-corrected chi connectivity index (χ4v) is 1.04. The first-order chi connectivity index (χ1) is 6.86. The Morgan fingerprint density at radius 1 is 1.31 bits per heavy atom. The van der Waals surface area contributed by atoms with Gasteiger partial charge in [0.15, 0.2) is 0 Å². The van der Waals surface area contributed by atoms with E-state index in [4.69, 9.17) is 0 Å². The zero-order chi connectivity index (χ0) is 11.6. The number of ether oxygens (including phenoxy) is 1. The van der Waals surface area contributed by atoms with Gasteiger partial charge in [0.2, 0.25) is 0 Å². The Morgan fingerprint density at radius 3 is 2.25 bits per heavy atom. The van der Waals surface area contributed by atoms with Crippen molar-refractivity contribution in [1.29, 1.82) is 0 Å². The molecule has 0 saturated heterocycles. The molecule has 1 aromatic rings. The van der Waals surface area contributed by atoms with E-state index in [2.05, 4.69) is 4.74 Å². The van der Waals surface area contributed by atoms with Crippen molar-refractivity contribution >= 4 is 18.4 Å². The van der Waals surface area contributed by atoms with Crippen LogP contribution in [0.5, 0.6) is 0 Å². The quantitative estimate of drug-likeness (QED) is 0.374. The van der Waals surface area contributed by atoms with Gasteiger partial charge in [-0.25, -0.2) is 9.18 Å². The van der Waals surface area contributed by atoms with E-state index in [1.165, 1.54) is 0 Å². The molecule has 0 unspecified atom stereocenters. The van der Waals surface area contributed by atoms with Crippen molar-refractivity contribution in [1.82, 2.24) is 0 Å². The topological polar surface area (TPSA) is 26.3 Å². The van der Waals surface area contributed by atoms with Crippen LogP contribution in [0.1, 0.15) is 10.4 Å². The maximum atomic E-state index is 12.9. The summed E-state index contributed by atoms with van der Waals surface area (Å²) >= 11 is 0. The van der Waals surface area contributed by atoms with Crippen LogP contribution >= 0.6 is 0 Å². The minimum absolute atomic E-state index is 0. The molecule has 0 radical (unpaired) electrons. The van der Waals surface area contributed by atoms with Gasteiger partial charge in [0, 0.05) is 0 Å². The third kappa shape index (κ3) is 3.85. The van der Waals surface area contributed by atoms with Crippen molar-refractivity contribution in [2.75, 3.05) is 7.11 Å². The summed E-state index contributed by atoms with van der Waals surface area (Å²) in [5.41, 5.74) is -1.60. The van der Waals surface area contributed by atoms with E-state index in [-0.39, 0.29) is 56.9 Å². The van der Waals surface area contributed by atoms with Crippen molar-refractivity contribution in [3.05, 3.63) is 29.6 Å².